The van der Waals surface area contributed by atoms with Crippen molar-refractivity contribution in [3.8, 4) is 0 Å². The van der Waals surface area contributed by atoms with Gasteiger partial charge in [-0.05, 0) is 36.2 Å². The molecule has 1 aromatic rings. The third kappa shape index (κ3) is 6.15. The summed E-state index contributed by atoms with van der Waals surface area (Å²) in [7, 11) is 0. The van der Waals surface area contributed by atoms with Gasteiger partial charge >= 0.3 is 0 Å². The van der Waals surface area contributed by atoms with Gasteiger partial charge in [0.25, 0.3) is 0 Å². The molecule has 1 aliphatic heterocycles. The van der Waals surface area contributed by atoms with Crippen molar-refractivity contribution in [2.75, 3.05) is 31.6 Å². The first-order valence-corrected chi connectivity index (χ1v) is 10.0. The Morgan fingerprint density at radius 3 is 2.64 bits per heavy atom. The molecule has 1 aromatic carbocycles. The normalized spacial score (nSPS) is 15.0. The average Bonchev–Trinajstić information content (AvgIpc) is 3.04. The van der Waals surface area contributed by atoms with Gasteiger partial charge in [0.15, 0.2) is 5.11 Å². The number of benzene rings is 1. The zero-order valence-corrected chi connectivity index (χ0v) is 15.1. The predicted molar refractivity (Wildman–Crippen MR) is 101 cm³/mol. The zero-order chi connectivity index (χ0) is 15.6. The first-order valence-electron chi connectivity index (χ1n) is 8.20. The largest absolute Gasteiger partial charge is 0.363 e. The molecule has 122 valence electrons. The second-order valence-corrected chi connectivity index (χ2v) is 7.25. The zero-order valence-electron chi connectivity index (χ0n) is 13.5. The molecule has 1 fully saturated rings. The van der Waals surface area contributed by atoms with Crippen LogP contribution in [0.15, 0.2) is 24.3 Å². The van der Waals surface area contributed by atoms with E-state index < -0.39 is 0 Å². The topological polar surface area (TPSA) is 28.5 Å². The molecule has 1 heterocycles. The summed E-state index contributed by atoms with van der Waals surface area (Å²) in [5, 5.41) is 7.40. The van der Waals surface area contributed by atoms with Gasteiger partial charge in [0, 0.05) is 31.5 Å². The van der Waals surface area contributed by atoms with E-state index in [1.54, 1.807) is 4.90 Å². The number of nitrogens with one attached hydrogen (secondary N) is 3. The molecule has 0 atom stereocenters. The van der Waals surface area contributed by atoms with Gasteiger partial charge in [0.2, 0.25) is 0 Å². The molecule has 3 N–H and O–H groups in total. The number of hydrogen-bond donors (Lipinski definition) is 3. The van der Waals surface area contributed by atoms with Crippen molar-refractivity contribution in [3.63, 3.8) is 0 Å². The van der Waals surface area contributed by atoms with Crippen molar-refractivity contribution in [2.24, 2.45) is 0 Å². The minimum Gasteiger partial charge on any atom is -0.363 e. The minimum absolute atomic E-state index is 0.768. The summed E-state index contributed by atoms with van der Waals surface area (Å²) in [6.07, 6.45) is 6.04. The Bertz CT molecular complexity index is 459. The lowest BCUT2D eigenvalue weighted by Gasteiger charge is -2.16. The number of quaternary nitrogens is 1. The standard InChI is InChI=1S/C17H27N3S2/c1-22-12-6-9-18-17(21)19-13-15-7-2-3-8-16(15)14-20-10-4-5-11-20/h2-3,7-8H,4-6,9-14H2,1H3,(H2,18,19,21)/p+1. The number of rotatable bonds is 8. The lowest BCUT2D eigenvalue weighted by Crippen LogP contribution is -3.08. The molecule has 22 heavy (non-hydrogen) atoms. The van der Waals surface area contributed by atoms with Crippen molar-refractivity contribution in [1.29, 1.82) is 0 Å². The lowest BCUT2D eigenvalue weighted by molar-refractivity contribution is -0.901. The van der Waals surface area contributed by atoms with Gasteiger partial charge in [-0.2, -0.15) is 11.8 Å². The molecule has 1 aliphatic rings. The second kappa shape index (κ2) is 10.1. The molecule has 0 radical (unpaired) electrons. The highest BCUT2D eigenvalue weighted by Crippen LogP contribution is 2.08. The Kier molecular flexibility index (Phi) is 8.05. The average molecular weight is 339 g/mol. The molecule has 3 nitrogen and oxygen atoms in total. The van der Waals surface area contributed by atoms with Crippen molar-refractivity contribution in [3.05, 3.63) is 35.4 Å². The van der Waals surface area contributed by atoms with Crippen LogP contribution in [0, 0.1) is 0 Å². The molecule has 0 amide bonds. The highest BCUT2D eigenvalue weighted by atomic mass is 32.2. The minimum atomic E-state index is 0.768. The molecule has 0 spiro atoms. The summed E-state index contributed by atoms with van der Waals surface area (Å²) < 4.78 is 0. The summed E-state index contributed by atoms with van der Waals surface area (Å²) in [4.78, 5) is 1.71. The highest BCUT2D eigenvalue weighted by Gasteiger charge is 2.16. The molecule has 0 saturated carbocycles. The summed E-state index contributed by atoms with van der Waals surface area (Å²) in [6.45, 7) is 5.55. The van der Waals surface area contributed by atoms with Crippen LogP contribution in [-0.2, 0) is 13.1 Å². The van der Waals surface area contributed by atoms with E-state index in [2.05, 4.69) is 41.2 Å². The van der Waals surface area contributed by atoms with E-state index in [0.29, 0.717) is 0 Å². The molecular weight excluding hydrogens is 310 g/mol. The fourth-order valence-electron chi connectivity index (χ4n) is 2.88. The Hall–Kier alpha value is -0.780. The van der Waals surface area contributed by atoms with E-state index in [9.17, 15) is 0 Å². The van der Waals surface area contributed by atoms with Gasteiger partial charge in [-0.3, -0.25) is 0 Å². The van der Waals surface area contributed by atoms with Gasteiger partial charge in [-0.25, -0.2) is 0 Å². The molecule has 0 bridgehead atoms. The predicted octanol–water partition coefficient (Wildman–Crippen LogP) is 1.58. The monoisotopic (exact) mass is 338 g/mol. The van der Waals surface area contributed by atoms with Gasteiger partial charge in [0.05, 0.1) is 13.1 Å². The molecule has 0 aliphatic carbocycles. The Morgan fingerprint density at radius 1 is 1.18 bits per heavy atom. The fraction of sp³-hybridized carbons (Fsp3) is 0.588. The van der Waals surface area contributed by atoms with Crippen LogP contribution in [0.2, 0.25) is 0 Å². The van der Waals surface area contributed by atoms with Gasteiger partial charge in [0.1, 0.15) is 6.54 Å². The first kappa shape index (κ1) is 17.6. The molecule has 0 unspecified atom stereocenters. The van der Waals surface area contributed by atoms with Crippen LogP contribution in [-0.4, -0.2) is 36.8 Å². The molecule has 0 aromatic heterocycles. The van der Waals surface area contributed by atoms with E-state index in [1.807, 2.05) is 11.8 Å². The maximum atomic E-state index is 5.36. The molecule has 1 saturated heterocycles. The van der Waals surface area contributed by atoms with Crippen LogP contribution >= 0.6 is 24.0 Å². The second-order valence-electron chi connectivity index (χ2n) is 5.86. The van der Waals surface area contributed by atoms with Crippen LogP contribution < -0.4 is 15.5 Å². The van der Waals surface area contributed by atoms with Crippen LogP contribution in [0.25, 0.3) is 0 Å². The lowest BCUT2D eigenvalue weighted by atomic mass is 10.1. The first-order chi connectivity index (χ1) is 10.8. The van der Waals surface area contributed by atoms with Crippen LogP contribution in [0.3, 0.4) is 0 Å². The van der Waals surface area contributed by atoms with Crippen molar-refractivity contribution in [1.82, 2.24) is 10.6 Å². The number of thiocarbonyl (C=S) groups is 1. The van der Waals surface area contributed by atoms with E-state index in [-0.39, 0.29) is 0 Å². The SMILES string of the molecule is CSCCCNC(=S)NCc1ccccc1C[NH+]1CCCC1. The van der Waals surface area contributed by atoms with E-state index in [4.69, 9.17) is 12.2 Å². The van der Waals surface area contributed by atoms with Gasteiger partial charge < -0.3 is 15.5 Å². The quantitative estimate of drug-likeness (QED) is 0.496. The van der Waals surface area contributed by atoms with Crippen LogP contribution in [0.5, 0.6) is 0 Å². The Labute approximate surface area is 144 Å². The highest BCUT2D eigenvalue weighted by molar-refractivity contribution is 7.98. The number of likely N-dealkylation sites (tertiary alicyclic amines) is 1. The van der Waals surface area contributed by atoms with Crippen molar-refractivity contribution >= 4 is 29.1 Å². The van der Waals surface area contributed by atoms with Crippen LogP contribution in [0.1, 0.15) is 30.4 Å². The fourth-order valence-corrected chi connectivity index (χ4v) is 3.49. The maximum absolute atomic E-state index is 5.36. The Morgan fingerprint density at radius 2 is 1.91 bits per heavy atom. The third-order valence-electron chi connectivity index (χ3n) is 4.12. The number of thioether (sulfide) groups is 1. The molecule has 2 rings (SSSR count). The molecular formula is C17H28N3S2+. The summed E-state index contributed by atoms with van der Waals surface area (Å²) >= 11 is 7.23. The van der Waals surface area contributed by atoms with Crippen molar-refractivity contribution in [2.45, 2.75) is 32.4 Å². The molecule has 5 heteroatoms. The summed E-state index contributed by atoms with van der Waals surface area (Å²) in [5.74, 6) is 1.18. The van der Waals surface area contributed by atoms with Gasteiger partial charge in [-0.1, -0.05) is 24.3 Å². The third-order valence-corrected chi connectivity index (χ3v) is 5.11. The number of hydrogen-bond acceptors (Lipinski definition) is 2. The van der Waals surface area contributed by atoms with E-state index in [0.717, 1.165) is 31.2 Å². The van der Waals surface area contributed by atoms with Crippen LogP contribution in [0.4, 0.5) is 0 Å². The smallest absolute Gasteiger partial charge is 0.166 e. The van der Waals surface area contributed by atoms with Gasteiger partial charge in [-0.15, -0.1) is 0 Å². The summed E-state index contributed by atoms with van der Waals surface area (Å²) in [6, 6.07) is 8.74. The summed E-state index contributed by atoms with van der Waals surface area (Å²) in [5.41, 5.74) is 2.83. The maximum Gasteiger partial charge on any atom is 0.166 e. The van der Waals surface area contributed by atoms with Crippen molar-refractivity contribution < 1.29 is 4.90 Å². The van der Waals surface area contributed by atoms with E-state index >= 15 is 0 Å². The van der Waals surface area contributed by atoms with E-state index in [1.165, 1.54) is 42.8 Å². The Balaban J connectivity index is 1.77.